The molecule has 0 bridgehead atoms. The minimum Gasteiger partial charge on any atom is -0.508 e. The molecule has 2 amide bonds. The molecule has 1 saturated heterocycles. The molecule has 0 spiro atoms. The SMILES string of the molecule is CCNC(=O)NCc1ccc(C2O[C@H](CSc3nnnn3-c3ccc(O)cc3)[C@H](C)[C@H](c3ccc(CO)cc3)O2)cc1. The van der Waals surface area contributed by atoms with E-state index in [9.17, 15) is 15.0 Å². The van der Waals surface area contributed by atoms with Crippen molar-refractivity contribution in [3.8, 4) is 11.4 Å². The van der Waals surface area contributed by atoms with Gasteiger partial charge < -0.3 is 30.3 Å². The van der Waals surface area contributed by atoms with Crippen LogP contribution in [0.1, 0.15) is 48.5 Å². The summed E-state index contributed by atoms with van der Waals surface area (Å²) in [5.41, 5.74) is 4.39. The second-order valence-corrected chi connectivity index (χ2v) is 11.0. The third-order valence-corrected chi connectivity index (χ3v) is 8.09. The van der Waals surface area contributed by atoms with E-state index in [1.54, 1.807) is 28.9 Å². The van der Waals surface area contributed by atoms with E-state index in [4.69, 9.17) is 9.47 Å². The summed E-state index contributed by atoms with van der Waals surface area (Å²) >= 11 is 1.48. The maximum Gasteiger partial charge on any atom is 0.315 e. The Morgan fingerprint density at radius 1 is 0.952 bits per heavy atom. The van der Waals surface area contributed by atoms with Gasteiger partial charge in [0.1, 0.15) is 5.75 Å². The molecular weight excluding hydrogens is 556 g/mol. The lowest BCUT2D eigenvalue weighted by atomic mass is 9.91. The summed E-state index contributed by atoms with van der Waals surface area (Å²) < 4.78 is 14.7. The number of aliphatic hydroxyl groups is 1. The number of amides is 2. The number of nitrogens with one attached hydrogen (secondary N) is 2. The minimum absolute atomic E-state index is 0.00715. The first-order valence-electron chi connectivity index (χ1n) is 13.8. The Kier molecular flexibility index (Phi) is 9.70. The van der Waals surface area contributed by atoms with E-state index in [-0.39, 0.29) is 36.5 Å². The molecule has 220 valence electrons. The number of benzene rings is 3. The third-order valence-electron chi connectivity index (χ3n) is 7.08. The number of hydrogen-bond acceptors (Lipinski definition) is 9. The number of phenolic OH excluding ortho intramolecular Hbond substituents is 1. The van der Waals surface area contributed by atoms with Crippen molar-refractivity contribution in [1.82, 2.24) is 30.8 Å². The van der Waals surface area contributed by atoms with Crippen molar-refractivity contribution in [2.24, 2.45) is 5.92 Å². The molecule has 5 rings (SSSR count). The fourth-order valence-electron chi connectivity index (χ4n) is 4.69. The average Bonchev–Trinajstić information content (AvgIpc) is 3.49. The van der Waals surface area contributed by atoms with Crippen LogP contribution in [-0.4, -0.2) is 54.9 Å². The fourth-order valence-corrected chi connectivity index (χ4v) is 5.74. The standard InChI is InChI=1S/C30H34N6O5S/c1-3-31-29(39)32-16-20-4-10-23(11-5-20)28-40-26(19(2)27(41-28)22-8-6-21(17-37)7-9-22)18-42-30-33-34-35-36(30)24-12-14-25(38)15-13-24/h4-15,19,26-28,37-38H,3,16-18H2,1-2H3,(H2,31,32,39)/t19-,26+,27+,28?/m0/s1. The van der Waals surface area contributed by atoms with Gasteiger partial charge in [-0.3, -0.25) is 0 Å². The lowest BCUT2D eigenvalue weighted by molar-refractivity contribution is -0.268. The molecular formula is C30H34N6O5S. The number of aromatic nitrogens is 4. The second kappa shape index (κ2) is 13.8. The number of ether oxygens (including phenoxy) is 2. The van der Waals surface area contributed by atoms with Crippen molar-refractivity contribution >= 4 is 17.8 Å². The molecule has 12 heteroatoms. The number of carbonyl (C=O) groups is 1. The predicted octanol–water partition coefficient (Wildman–Crippen LogP) is 4.26. The van der Waals surface area contributed by atoms with Gasteiger partial charge in [-0.25, -0.2) is 4.79 Å². The van der Waals surface area contributed by atoms with E-state index >= 15 is 0 Å². The average molecular weight is 591 g/mol. The Morgan fingerprint density at radius 2 is 1.64 bits per heavy atom. The molecule has 3 aromatic carbocycles. The highest BCUT2D eigenvalue weighted by Crippen LogP contribution is 2.43. The van der Waals surface area contributed by atoms with E-state index in [1.165, 1.54) is 11.8 Å². The fraction of sp³-hybridized carbons (Fsp3) is 0.333. The Balaban J connectivity index is 1.34. The summed E-state index contributed by atoms with van der Waals surface area (Å²) in [4.78, 5) is 11.8. The van der Waals surface area contributed by atoms with Gasteiger partial charge in [-0.2, -0.15) is 4.68 Å². The van der Waals surface area contributed by atoms with Gasteiger partial charge in [0.25, 0.3) is 0 Å². The lowest BCUT2D eigenvalue weighted by Crippen LogP contribution is -2.38. The molecule has 2 heterocycles. The van der Waals surface area contributed by atoms with E-state index < -0.39 is 6.29 Å². The quantitative estimate of drug-likeness (QED) is 0.199. The zero-order chi connectivity index (χ0) is 29.5. The van der Waals surface area contributed by atoms with Crippen LogP contribution >= 0.6 is 11.8 Å². The van der Waals surface area contributed by atoms with Crippen molar-refractivity contribution in [2.75, 3.05) is 12.3 Å². The van der Waals surface area contributed by atoms with Gasteiger partial charge in [0.05, 0.1) is 24.5 Å². The van der Waals surface area contributed by atoms with Crippen LogP contribution in [0.3, 0.4) is 0 Å². The molecule has 1 aliphatic heterocycles. The summed E-state index contributed by atoms with van der Waals surface area (Å²) in [6, 6.07) is 22.1. The maximum atomic E-state index is 11.8. The van der Waals surface area contributed by atoms with Gasteiger partial charge in [0.15, 0.2) is 6.29 Å². The topological polar surface area (TPSA) is 144 Å². The van der Waals surface area contributed by atoms with Gasteiger partial charge in [-0.15, -0.1) is 5.10 Å². The molecule has 4 atom stereocenters. The number of nitrogens with zero attached hydrogens (tertiary/aromatic N) is 4. The zero-order valence-corrected chi connectivity index (χ0v) is 24.2. The summed E-state index contributed by atoms with van der Waals surface area (Å²) in [5.74, 6) is 0.729. The van der Waals surface area contributed by atoms with E-state index in [2.05, 4.69) is 33.1 Å². The van der Waals surface area contributed by atoms with Crippen LogP contribution in [0.2, 0.25) is 0 Å². The van der Waals surface area contributed by atoms with Gasteiger partial charge in [-0.1, -0.05) is 67.2 Å². The maximum absolute atomic E-state index is 11.8. The first-order chi connectivity index (χ1) is 20.4. The molecule has 1 unspecified atom stereocenters. The first-order valence-corrected chi connectivity index (χ1v) is 14.8. The molecule has 42 heavy (non-hydrogen) atoms. The molecule has 1 aromatic heterocycles. The molecule has 4 N–H and O–H groups in total. The number of aliphatic hydroxyl groups excluding tert-OH is 1. The number of carbonyl (C=O) groups excluding carboxylic acids is 1. The van der Waals surface area contributed by atoms with Crippen molar-refractivity contribution in [3.05, 3.63) is 95.1 Å². The summed E-state index contributed by atoms with van der Waals surface area (Å²) in [7, 11) is 0. The number of thioether (sulfide) groups is 1. The van der Waals surface area contributed by atoms with Gasteiger partial charge in [-0.05, 0) is 58.3 Å². The first kappa shape index (κ1) is 29.5. The summed E-state index contributed by atoms with van der Waals surface area (Å²) in [5, 5.41) is 37.5. The smallest absolute Gasteiger partial charge is 0.315 e. The number of hydrogen-bond donors (Lipinski definition) is 4. The van der Waals surface area contributed by atoms with Crippen LogP contribution < -0.4 is 10.6 Å². The molecule has 11 nitrogen and oxygen atoms in total. The van der Waals surface area contributed by atoms with Gasteiger partial charge in [0, 0.05) is 30.3 Å². The minimum atomic E-state index is -0.618. The van der Waals surface area contributed by atoms with Crippen molar-refractivity contribution in [1.29, 1.82) is 0 Å². The zero-order valence-electron chi connectivity index (χ0n) is 23.4. The van der Waals surface area contributed by atoms with Crippen LogP contribution in [0.15, 0.2) is 78.0 Å². The predicted molar refractivity (Wildman–Crippen MR) is 157 cm³/mol. The number of phenols is 1. The van der Waals surface area contributed by atoms with E-state index in [0.717, 1.165) is 27.9 Å². The highest BCUT2D eigenvalue weighted by molar-refractivity contribution is 7.99. The largest absolute Gasteiger partial charge is 0.508 e. The summed E-state index contributed by atoms with van der Waals surface area (Å²) in [6.45, 7) is 4.92. The Labute approximate surface area is 248 Å². The molecule has 1 aliphatic rings. The Hall–Kier alpha value is -3.97. The third kappa shape index (κ3) is 7.08. The second-order valence-electron chi connectivity index (χ2n) is 9.98. The monoisotopic (exact) mass is 590 g/mol. The molecule has 0 radical (unpaired) electrons. The molecule has 4 aromatic rings. The lowest BCUT2D eigenvalue weighted by Gasteiger charge is -2.41. The van der Waals surface area contributed by atoms with Gasteiger partial charge in [0.2, 0.25) is 5.16 Å². The van der Waals surface area contributed by atoms with Crippen LogP contribution in [0.25, 0.3) is 5.69 Å². The highest BCUT2D eigenvalue weighted by Gasteiger charge is 2.38. The van der Waals surface area contributed by atoms with Crippen LogP contribution in [0, 0.1) is 5.92 Å². The van der Waals surface area contributed by atoms with Crippen LogP contribution in [0.4, 0.5) is 4.79 Å². The van der Waals surface area contributed by atoms with Crippen molar-refractivity contribution in [3.63, 3.8) is 0 Å². The molecule has 1 fully saturated rings. The van der Waals surface area contributed by atoms with E-state index in [1.807, 2.05) is 55.5 Å². The van der Waals surface area contributed by atoms with Crippen molar-refractivity contribution < 1.29 is 24.5 Å². The van der Waals surface area contributed by atoms with Crippen LogP contribution in [-0.2, 0) is 22.6 Å². The number of tetrazole rings is 1. The van der Waals surface area contributed by atoms with Crippen molar-refractivity contribution in [2.45, 2.75) is 50.7 Å². The molecule has 0 saturated carbocycles. The van der Waals surface area contributed by atoms with E-state index in [0.29, 0.717) is 24.0 Å². The normalized spacial score (nSPS) is 20.3. The van der Waals surface area contributed by atoms with Crippen LogP contribution in [0.5, 0.6) is 5.75 Å². The number of rotatable bonds is 10. The number of aromatic hydroxyl groups is 1. The summed E-state index contributed by atoms with van der Waals surface area (Å²) in [6.07, 6.45) is -1.08. The Bertz CT molecular complexity index is 1450. The molecule has 0 aliphatic carbocycles. The number of urea groups is 1. The van der Waals surface area contributed by atoms with Gasteiger partial charge >= 0.3 is 6.03 Å². The Morgan fingerprint density at radius 3 is 2.33 bits per heavy atom. The highest BCUT2D eigenvalue weighted by atomic mass is 32.2.